The van der Waals surface area contributed by atoms with Gasteiger partial charge in [0.05, 0.1) is 22.3 Å². The number of nitrogens with zero attached hydrogens (tertiary/aromatic N) is 2. The Kier molecular flexibility index (Phi) is 2.13. The van der Waals surface area contributed by atoms with E-state index >= 15 is 0 Å². The standard InChI is InChI=1S/C11H10N4OS/c12-10-9(7(16)5-15(10)13)11-14-6-3-1-2-4-8(6)17-11/h1-4,12,16H,5,13H2. The Hall–Kier alpha value is -1.92. The molecule has 4 N–H and O–H groups in total. The van der Waals surface area contributed by atoms with Gasteiger partial charge in [0.25, 0.3) is 0 Å². The summed E-state index contributed by atoms with van der Waals surface area (Å²) in [5.41, 5.74) is 1.31. The van der Waals surface area contributed by atoms with E-state index in [9.17, 15) is 5.11 Å². The van der Waals surface area contributed by atoms with Crippen molar-refractivity contribution >= 4 is 33.0 Å². The normalized spacial score (nSPS) is 16.3. The third-order valence-corrected chi connectivity index (χ3v) is 3.69. The quantitative estimate of drug-likeness (QED) is 0.669. The van der Waals surface area contributed by atoms with Crippen LogP contribution in [-0.2, 0) is 0 Å². The van der Waals surface area contributed by atoms with E-state index in [1.165, 1.54) is 16.3 Å². The molecule has 1 aliphatic rings. The Morgan fingerprint density at radius 2 is 2.18 bits per heavy atom. The van der Waals surface area contributed by atoms with Crippen LogP contribution in [0.3, 0.4) is 0 Å². The number of thiazole rings is 1. The first-order chi connectivity index (χ1) is 8.16. The first kappa shape index (κ1) is 10.2. The highest BCUT2D eigenvalue weighted by molar-refractivity contribution is 7.19. The largest absolute Gasteiger partial charge is 0.509 e. The fourth-order valence-corrected chi connectivity index (χ4v) is 2.84. The summed E-state index contributed by atoms with van der Waals surface area (Å²) >= 11 is 1.45. The number of hydrogen-bond acceptors (Lipinski definition) is 5. The van der Waals surface area contributed by atoms with Crippen molar-refractivity contribution in [3.8, 4) is 0 Å². The Bertz CT molecular complexity index is 613. The van der Waals surface area contributed by atoms with Gasteiger partial charge in [0.1, 0.15) is 16.6 Å². The number of hydrogen-bond donors (Lipinski definition) is 3. The van der Waals surface area contributed by atoms with Gasteiger partial charge in [0.2, 0.25) is 0 Å². The maximum Gasteiger partial charge on any atom is 0.149 e. The average molecular weight is 246 g/mol. The Labute approximate surface area is 101 Å². The van der Waals surface area contributed by atoms with Gasteiger partial charge in [-0.25, -0.2) is 10.8 Å². The lowest BCUT2D eigenvalue weighted by Gasteiger charge is -2.08. The maximum atomic E-state index is 9.79. The van der Waals surface area contributed by atoms with Gasteiger partial charge in [-0.05, 0) is 12.1 Å². The van der Waals surface area contributed by atoms with E-state index in [1.54, 1.807) is 0 Å². The molecule has 2 heterocycles. The Balaban J connectivity index is 2.16. The summed E-state index contributed by atoms with van der Waals surface area (Å²) in [5.74, 6) is 5.80. The van der Waals surface area contributed by atoms with Gasteiger partial charge in [-0.3, -0.25) is 10.4 Å². The van der Waals surface area contributed by atoms with Crippen molar-refractivity contribution < 1.29 is 5.11 Å². The number of nitrogens with two attached hydrogens (primary N) is 1. The van der Waals surface area contributed by atoms with Gasteiger partial charge in [-0.1, -0.05) is 12.1 Å². The van der Waals surface area contributed by atoms with Crippen LogP contribution in [0.2, 0.25) is 0 Å². The molecule has 17 heavy (non-hydrogen) atoms. The van der Waals surface area contributed by atoms with Crippen LogP contribution in [0.4, 0.5) is 0 Å². The van der Waals surface area contributed by atoms with Crippen molar-refractivity contribution in [1.82, 2.24) is 9.99 Å². The highest BCUT2D eigenvalue weighted by atomic mass is 32.1. The number of hydrazine groups is 1. The van der Waals surface area contributed by atoms with E-state index < -0.39 is 0 Å². The molecule has 2 aromatic rings. The van der Waals surface area contributed by atoms with E-state index in [0.29, 0.717) is 10.6 Å². The van der Waals surface area contributed by atoms with Gasteiger partial charge < -0.3 is 5.11 Å². The predicted molar refractivity (Wildman–Crippen MR) is 67.8 cm³/mol. The number of amidine groups is 1. The minimum atomic E-state index is 0.108. The summed E-state index contributed by atoms with van der Waals surface area (Å²) in [6.45, 7) is 0.171. The fraction of sp³-hybridized carbons (Fsp3) is 0.0909. The number of fused-ring (bicyclic) bond motifs is 1. The molecule has 6 heteroatoms. The molecule has 0 fully saturated rings. The number of aliphatic hydroxyl groups is 1. The number of rotatable bonds is 1. The molecule has 0 atom stereocenters. The van der Waals surface area contributed by atoms with Gasteiger partial charge in [0, 0.05) is 0 Å². The number of nitrogens with one attached hydrogen (secondary N) is 1. The summed E-state index contributed by atoms with van der Waals surface area (Å²) in [5, 5.41) is 19.4. The van der Waals surface area contributed by atoms with Crippen molar-refractivity contribution in [2.75, 3.05) is 6.54 Å². The zero-order chi connectivity index (χ0) is 12.0. The summed E-state index contributed by atoms with van der Waals surface area (Å²) in [6, 6.07) is 7.72. The summed E-state index contributed by atoms with van der Waals surface area (Å²) in [4.78, 5) is 4.41. The van der Waals surface area contributed by atoms with Crippen LogP contribution < -0.4 is 5.84 Å². The maximum absolute atomic E-state index is 9.79. The zero-order valence-electron chi connectivity index (χ0n) is 8.84. The molecule has 0 saturated heterocycles. The average Bonchev–Trinajstić information content (AvgIpc) is 2.81. The number of aliphatic hydroxyl groups excluding tert-OH is 1. The summed E-state index contributed by atoms with van der Waals surface area (Å²) in [6.07, 6.45) is 0. The summed E-state index contributed by atoms with van der Waals surface area (Å²) in [7, 11) is 0. The highest BCUT2D eigenvalue weighted by Crippen LogP contribution is 2.31. The monoisotopic (exact) mass is 246 g/mol. The molecule has 0 aliphatic carbocycles. The number of aromatic nitrogens is 1. The Morgan fingerprint density at radius 1 is 1.41 bits per heavy atom. The second-order valence-electron chi connectivity index (χ2n) is 3.78. The molecule has 5 nitrogen and oxygen atoms in total. The van der Waals surface area contributed by atoms with Crippen LogP contribution in [0.5, 0.6) is 0 Å². The zero-order valence-corrected chi connectivity index (χ0v) is 9.66. The third-order valence-electron chi connectivity index (χ3n) is 2.64. The molecule has 0 radical (unpaired) electrons. The minimum absolute atomic E-state index is 0.108. The molecular weight excluding hydrogens is 236 g/mol. The number of para-hydroxylation sites is 1. The second-order valence-corrected chi connectivity index (χ2v) is 4.82. The van der Waals surface area contributed by atoms with Crippen molar-refractivity contribution in [3.05, 3.63) is 35.0 Å². The summed E-state index contributed by atoms with van der Waals surface area (Å²) < 4.78 is 1.03. The van der Waals surface area contributed by atoms with E-state index in [1.807, 2.05) is 24.3 Å². The first-order valence-corrected chi connectivity index (χ1v) is 5.87. The first-order valence-electron chi connectivity index (χ1n) is 5.06. The van der Waals surface area contributed by atoms with Crippen molar-refractivity contribution in [2.24, 2.45) is 5.84 Å². The molecule has 0 saturated carbocycles. The third kappa shape index (κ3) is 1.49. The lowest BCUT2D eigenvalue weighted by atomic mass is 10.2. The van der Waals surface area contributed by atoms with Crippen molar-refractivity contribution in [1.29, 1.82) is 5.41 Å². The van der Waals surface area contributed by atoms with E-state index in [0.717, 1.165) is 10.2 Å². The van der Waals surface area contributed by atoms with E-state index in [4.69, 9.17) is 11.3 Å². The van der Waals surface area contributed by atoms with Crippen molar-refractivity contribution in [3.63, 3.8) is 0 Å². The lowest BCUT2D eigenvalue weighted by Crippen LogP contribution is -2.33. The van der Waals surface area contributed by atoms with Crippen LogP contribution in [0.1, 0.15) is 5.01 Å². The van der Waals surface area contributed by atoms with Gasteiger partial charge in [0.15, 0.2) is 0 Å². The molecule has 1 aromatic carbocycles. The molecule has 1 aromatic heterocycles. The van der Waals surface area contributed by atoms with E-state index in [-0.39, 0.29) is 18.1 Å². The van der Waals surface area contributed by atoms with E-state index in [2.05, 4.69) is 4.98 Å². The SMILES string of the molecule is N=C1C(c2nc3ccccc3s2)=C(O)CN1N. The predicted octanol–water partition coefficient (Wildman–Crippen LogP) is 1.73. The molecular formula is C11H10N4OS. The molecule has 0 bridgehead atoms. The highest BCUT2D eigenvalue weighted by Gasteiger charge is 2.28. The molecule has 86 valence electrons. The van der Waals surface area contributed by atoms with Crippen LogP contribution in [0.15, 0.2) is 30.0 Å². The molecule has 0 amide bonds. The van der Waals surface area contributed by atoms with Crippen LogP contribution >= 0.6 is 11.3 Å². The van der Waals surface area contributed by atoms with Gasteiger partial charge in [-0.2, -0.15) is 0 Å². The van der Waals surface area contributed by atoms with Crippen LogP contribution in [-0.4, -0.2) is 27.5 Å². The number of benzene rings is 1. The molecule has 3 rings (SSSR count). The van der Waals surface area contributed by atoms with Gasteiger partial charge >= 0.3 is 0 Å². The smallest absolute Gasteiger partial charge is 0.149 e. The molecule has 0 spiro atoms. The Morgan fingerprint density at radius 3 is 2.82 bits per heavy atom. The van der Waals surface area contributed by atoms with Crippen molar-refractivity contribution in [2.45, 2.75) is 0 Å². The van der Waals surface area contributed by atoms with Crippen LogP contribution in [0.25, 0.3) is 15.8 Å². The lowest BCUT2D eigenvalue weighted by molar-refractivity contribution is 0.355. The van der Waals surface area contributed by atoms with Crippen LogP contribution in [0, 0.1) is 5.41 Å². The second kappa shape index (κ2) is 3.54. The van der Waals surface area contributed by atoms with Gasteiger partial charge in [-0.15, -0.1) is 11.3 Å². The fourth-order valence-electron chi connectivity index (χ4n) is 1.80. The molecule has 0 unspecified atom stereocenters. The minimum Gasteiger partial charge on any atom is -0.509 e. The molecule has 1 aliphatic heterocycles. The topological polar surface area (TPSA) is 86.2 Å².